The largest absolute Gasteiger partial charge is 0.496 e. The van der Waals surface area contributed by atoms with E-state index in [-0.39, 0.29) is 11.2 Å². The predicted molar refractivity (Wildman–Crippen MR) is 72.3 cm³/mol. The number of hydrogen-bond acceptors (Lipinski definition) is 4. The van der Waals surface area contributed by atoms with Crippen molar-refractivity contribution in [2.75, 3.05) is 12.4 Å². The first-order valence-corrected chi connectivity index (χ1v) is 6.05. The summed E-state index contributed by atoms with van der Waals surface area (Å²) in [4.78, 5) is 10.4. The number of nitro groups is 1. The van der Waals surface area contributed by atoms with E-state index in [0.29, 0.717) is 11.4 Å². The van der Waals surface area contributed by atoms with Gasteiger partial charge in [-0.3, -0.25) is 10.1 Å². The maximum absolute atomic E-state index is 10.8. The van der Waals surface area contributed by atoms with E-state index in [1.54, 1.807) is 6.07 Å². The van der Waals surface area contributed by atoms with Gasteiger partial charge in [0.05, 0.1) is 18.1 Å². The number of nitrogens with zero attached hydrogens (tertiary/aromatic N) is 1. The van der Waals surface area contributed by atoms with Crippen LogP contribution < -0.4 is 10.1 Å². The van der Waals surface area contributed by atoms with E-state index in [0.717, 1.165) is 12.8 Å². The van der Waals surface area contributed by atoms with E-state index < -0.39 is 4.92 Å². The van der Waals surface area contributed by atoms with Gasteiger partial charge < -0.3 is 10.1 Å². The lowest BCUT2D eigenvalue weighted by atomic mass is 9.95. The summed E-state index contributed by atoms with van der Waals surface area (Å²) >= 11 is 0. The van der Waals surface area contributed by atoms with E-state index in [1.165, 1.54) is 19.2 Å². The number of benzene rings is 1. The molecule has 0 amide bonds. The third-order valence-electron chi connectivity index (χ3n) is 3.34. The first-order valence-electron chi connectivity index (χ1n) is 6.05. The monoisotopic (exact) mass is 252 g/mol. The molecule has 0 saturated heterocycles. The Morgan fingerprint density at radius 3 is 2.39 bits per heavy atom. The van der Waals surface area contributed by atoms with Crippen LogP contribution in [0.5, 0.6) is 5.75 Å². The number of nitrogens with one attached hydrogen (secondary N) is 1. The maximum atomic E-state index is 10.8. The van der Waals surface area contributed by atoms with Gasteiger partial charge in [-0.2, -0.15) is 0 Å². The number of ether oxygens (including phenoxy) is 1. The second-order valence-electron chi connectivity index (χ2n) is 4.57. The molecule has 0 atom stereocenters. The standard InChI is InChI=1S/C13H20N2O3/c1-5-13(3,6-2)14-10-7-11(15(16)17)9-12(8-10)18-4/h7-9,14H,5-6H2,1-4H3. The quantitative estimate of drug-likeness (QED) is 0.620. The zero-order valence-corrected chi connectivity index (χ0v) is 11.3. The number of nitro benzene ring substituents is 1. The van der Waals surface area contributed by atoms with E-state index in [4.69, 9.17) is 4.74 Å². The Hall–Kier alpha value is -1.78. The van der Waals surface area contributed by atoms with Crippen molar-refractivity contribution in [1.82, 2.24) is 0 Å². The molecule has 1 rings (SSSR count). The summed E-state index contributed by atoms with van der Waals surface area (Å²) < 4.78 is 5.08. The van der Waals surface area contributed by atoms with Crippen molar-refractivity contribution in [3.63, 3.8) is 0 Å². The Kier molecular flexibility index (Phi) is 4.53. The first kappa shape index (κ1) is 14.3. The minimum absolute atomic E-state index is 0.0337. The number of hydrogen-bond donors (Lipinski definition) is 1. The molecule has 0 aromatic heterocycles. The molecule has 5 nitrogen and oxygen atoms in total. The van der Waals surface area contributed by atoms with Crippen molar-refractivity contribution >= 4 is 11.4 Å². The minimum atomic E-state index is -0.414. The molecule has 1 aromatic rings. The summed E-state index contributed by atoms with van der Waals surface area (Å²) in [6, 6.07) is 4.73. The van der Waals surface area contributed by atoms with Crippen molar-refractivity contribution in [3.05, 3.63) is 28.3 Å². The molecule has 18 heavy (non-hydrogen) atoms. The summed E-state index contributed by atoms with van der Waals surface area (Å²) in [7, 11) is 1.50. The predicted octanol–water partition coefficient (Wildman–Crippen LogP) is 3.59. The number of rotatable bonds is 6. The molecule has 0 aliphatic heterocycles. The molecule has 0 radical (unpaired) electrons. The van der Waals surface area contributed by atoms with Gasteiger partial charge in [0.1, 0.15) is 5.75 Å². The summed E-state index contributed by atoms with van der Waals surface area (Å²) in [5.41, 5.74) is 0.680. The molecule has 0 aliphatic rings. The highest BCUT2D eigenvalue weighted by molar-refractivity contribution is 5.57. The van der Waals surface area contributed by atoms with Gasteiger partial charge >= 0.3 is 0 Å². The minimum Gasteiger partial charge on any atom is -0.496 e. The van der Waals surface area contributed by atoms with Gasteiger partial charge in [0.25, 0.3) is 5.69 Å². The van der Waals surface area contributed by atoms with E-state index in [9.17, 15) is 10.1 Å². The van der Waals surface area contributed by atoms with Gasteiger partial charge in [-0.05, 0) is 19.8 Å². The molecule has 0 spiro atoms. The average Bonchev–Trinajstić information content (AvgIpc) is 2.38. The van der Waals surface area contributed by atoms with Gasteiger partial charge in [-0.15, -0.1) is 0 Å². The molecule has 0 saturated carbocycles. The number of anilines is 1. The molecular formula is C13H20N2O3. The maximum Gasteiger partial charge on any atom is 0.275 e. The summed E-state index contributed by atoms with van der Waals surface area (Å²) in [6.07, 6.45) is 1.88. The normalized spacial score (nSPS) is 11.1. The van der Waals surface area contributed by atoms with Crippen molar-refractivity contribution in [1.29, 1.82) is 0 Å². The van der Waals surface area contributed by atoms with Crippen LogP contribution in [0, 0.1) is 10.1 Å². The van der Waals surface area contributed by atoms with Gasteiger partial charge in [0.15, 0.2) is 0 Å². The number of non-ortho nitro benzene ring substituents is 1. The van der Waals surface area contributed by atoms with E-state index in [2.05, 4.69) is 26.1 Å². The van der Waals surface area contributed by atoms with Gasteiger partial charge in [0.2, 0.25) is 0 Å². The van der Waals surface area contributed by atoms with Crippen LogP contribution >= 0.6 is 0 Å². The second kappa shape index (κ2) is 5.71. The van der Waals surface area contributed by atoms with Crippen LogP contribution in [-0.4, -0.2) is 17.6 Å². The molecule has 100 valence electrons. The molecule has 1 N–H and O–H groups in total. The average molecular weight is 252 g/mol. The lowest BCUT2D eigenvalue weighted by Crippen LogP contribution is -2.32. The van der Waals surface area contributed by atoms with Gasteiger partial charge in [-0.1, -0.05) is 13.8 Å². The fourth-order valence-corrected chi connectivity index (χ4v) is 1.65. The van der Waals surface area contributed by atoms with Crippen LogP contribution in [-0.2, 0) is 0 Å². The van der Waals surface area contributed by atoms with E-state index in [1.807, 2.05) is 0 Å². The Balaban J connectivity index is 3.08. The first-order chi connectivity index (χ1) is 8.44. The molecule has 0 aliphatic carbocycles. The van der Waals surface area contributed by atoms with Crippen LogP contribution in [0.1, 0.15) is 33.6 Å². The topological polar surface area (TPSA) is 64.4 Å². The highest BCUT2D eigenvalue weighted by Crippen LogP contribution is 2.29. The van der Waals surface area contributed by atoms with Gasteiger partial charge in [0, 0.05) is 23.4 Å². The zero-order chi connectivity index (χ0) is 13.8. The summed E-state index contributed by atoms with van der Waals surface area (Å²) in [5, 5.41) is 14.2. The van der Waals surface area contributed by atoms with E-state index >= 15 is 0 Å². The number of methoxy groups -OCH3 is 1. The van der Waals surface area contributed by atoms with Crippen molar-refractivity contribution in [2.45, 2.75) is 39.2 Å². The summed E-state index contributed by atoms with van der Waals surface area (Å²) in [5.74, 6) is 0.487. The highest BCUT2D eigenvalue weighted by atomic mass is 16.6. The smallest absolute Gasteiger partial charge is 0.275 e. The fourth-order valence-electron chi connectivity index (χ4n) is 1.65. The lowest BCUT2D eigenvalue weighted by Gasteiger charge is -2.29. The zero-order valence-electron chi connectivity index (χ0n) is 11.3. The van der Waals surface area contributed by atoms with Gasteiger partial charge in [-0.25, -0.2) is 0 Å². The second-order valence-corrected chi connectivity index (χ2v) is 4.57. The van der Waals surface area contributed by atoms with Crippen LogP contribution in [0.25, 0.3) is 0 Å². The third-order valence-corrected chi connectivity index (χ3v) is 3.34. The Bertz CT molecular complexity index is 428. The van der Waals surface area contributed by atoms with Crippen LogP contribution in [0.3, 0.4) is 0 Å². The molecule has 0 heterocycles. The fraction of sp³-hybridized carbons (Fsp3) is 0.538. The van der Waals surface area contributed by atoms with Crippen LogP contribution in [0.15, 0.2) is 18.2 Å². The van der Waals surface area contributed by atoms with Crippen LogP contribution in [0.4, 0.5) is 11.4 Å². The lowest BCUT2D eigenvalue weighted by molar-refractivity contribution is -0.384. The third kappa shape index (κ3) is 3.35. The highest BCUT2D eigenvalue weighted by Gasteiger charge is 2.20. The Labute approximate surface area is 107 Å². The molecule has 0 unspecified atom stereocenters. The van der Waals surface area contributed by atoms with Crippen molar-refractivity contribution in [3.8, 4) is 5.75 Å². The van der Waals surface area contributed by atoms with Crippen molar-refractivity contribution in [2.24, 2.45) is 0 Å². The molecule has 0 fully saturated rings. The van der Waals surface area contributed by atoms with Crippen LogP contribution in [0.2, 0.25) is 0 Å². The molecule has 5 heteroatoms. The Morgan fingerprint density at radius 1 is 1.33 bits per heavy atom. The summed E-state index contributed by atoms with van der Waals surface area (Å²) in [6.45, 7) is 6.27. The van der Waals surface area contributed by atoms with Crippen molar-refractivity contribution < 1.29 is 9.66 Å². The SMILES string of the molecule is CCC(C)(CC)Nc1cc(OC)cc([N+](=O)[O-])c1. The Morgan fingerprint density at radius 2 is 1.94 bits per heavy atom. The molecular weight excluding hydrogens is 232 g/mol. The molecule has 1 aromatic carbocycles. The molecule has 0 bridgehead atoms.